The number of piperidine rings is 3. The van der Waals surface area contributed by atoms with Gasteiger partial charge >= 0.3 is 0 Å². The van der Waals surface area contributed by atoms with Crippen molar-refractivity contribution in [3.63, 3.8) is 0 Å². The number of rotatable bonds is 4. The molecule has 3 atom stereocenters. The zero-order chi connectivity index (χ0) is 20.0. The molecular weight excluding hydrogens is 366 g/mol. The number of methoxy groups -OCH3 is 1. The van der Waals surface area contributed by atoms with Gasteiger partial charge in [-0.25, -0.2) is 0 Å². The third-order valence-electron chi connectivity index (χ3n) is 7.02. The fourth-order valence-corrected chi connectivity index (χ4v) is 5.66. The van der Waals surface area contributed by atoms with Gasteiger partial charge in [0.15, 0.2) is 0 Å². The highest BCUT2D eigenvalue weighted by molar-refractivity contribution is 5.98. The Kier molecular flexibility index (Phi) is 4.82. The van der Waals surface area contributed by atoms with E-state index in [4.69, 9.17) is 4.74 Å². The van der Waals surface area contributed by atoms with Gasteiger partial charge in [0.25, 0.3) is 5.91 Å². The molecule has 1 aromatic heterocycles. The molecule has 6 heteroatoms. The molecule has 2 amide bonds. The first-order valence-electron chi connectivity index (χ1n) is 10.8. The third kappa shape index (κ3) is 3.33. The van der Waals surface area contributed by atoms with E-state index in [2.05, 4.69) is 21.7 Å². The number of amides is 2. The lowest BCUT2D eigenvalue weighted by Gasteiger charge is -2.52. The molecular formula is C23H29N3O3. The van der Waals surface area contributed by atoms with Gasteiger partial charge in [-0.05, 0) is 54.7 Å². The maximum absolute atomic E-state index is 13.4. The Morgan fingerprint density at radius 1 is 1.21 bits per heavy atom. The zero-order valence-corrected chi connectivity index (χ0v) is 17.0. The summed E-state index contributed by atoms with van der Waals surface area (Å²) < 4.78 is 7.35. The zero-order valence-electron chi connectivity index (χ0n) is 17.0. The number of nitrogens with zero attached hydrogens (tertiary/aromatic N) is 3. The molecule has 3 aliphatic rings. The van der Waals surface area contributed by atoms with E-state index in [0.717, 1.165) is 61.9 Å². The molecule has 0 saturated carbocycles. The summed E-state index contributed by atoms with van der Waals surface area (Å²) in [6.07, 6.45) is 5.98. The SMILES string of the molecule is COCCn1ccc2ccc(C(=O)N3CC4CC(C3)C3CCCC(=O)N3C4)cc21. The van der Waals surface area contributed by atoms with Crippen LogP contribution in [-0.2, 0) is 16.1 Å². The molecule has 0 spiro atoms. The van der Waals surface area contributed by atoms with Crippen LogP contribution in [0, 0.1) is 11.8 Å². The van der Waals surface area contributed by atoms with Crippen molar-refractivity contribution >= 4 is 22.7 Å². The van der Waals surface area contributed by atoms with Crippen molar-refractivity contribution in [2.75, 3.05) is 33.4 Å². The normalized spacial score (nSPS) is 26.7. The molecule has 5 rings (SSSR count). The number of hydrogen-bond acceptors (Lipinski definition) is 3. The number of hydrogen-bond donors (Lipinski definition) is 0. The Morgan fingerprint density at radius 3 is 2.97 bits per heavy atom. The maximum atomic E-state index is 13.4. The summed E-state index contributed by atoms with van der Waals surface area (Å²) in [5.41, 5.74) is 1.83. The van der Waals surface area contributed by atoms with E-state index in [-0.39, 0.29) is 5.91 Å². The van der Waals surface area contributed by atoms with Crippen molar-refractivity contribution in [1.82, 2.24) is 14.4 Å². The molecule has 0 aliphatic carbocycles. The number of benzene rings is 1. The number of carbonyl (C=O) groups is 2. The fourth-order valence-electron chi connectivity index (χ4n) is 5.66. The average Bonchev–Trinajstić information content (AvgIpc) is 3.14. The van der Waals surface area contributed by atoms with Crippen molar-refractivity contribution in [3.05, 3.63) is 36.0 Å². The van der Waals surface area contributed by atoms with Gasteiger partial charge in [0, 0.05) is 63.0 Å². The lowest BCUT2D eigenvalue weighted by atomic mass is 9.76. The number of carbonyl (C=O) groups excluding carboxylic acids is 2. The summed E-state index contributed by atoms with van der Waals surface area (Å²) in [5.74, 6) is 1.27. The molecule has 6 nitrogen and oxygen atoms in total. The van der Waals surface area contributed by atoms with E-state index >= 15 is 0 Å². The van der Waals surface area contributed by atoms with E-state index in [9.17, 15) is 9.59 Å². The molecule has 2 aromatic rings. The van der Waals surface area contributed by atoms with Crippen molar-refractivity contribution in [1.29, 1.82) is 0 Å². The predicted octanol–water partition coefficient (Wildman–Crippen LogP) is 2.76. The molecule has 3 saturated heterocycles. The van der Waals surface area contributed by atoms with Crippen molar-refractivity contribution in [3.8, 4) is 0 Å². The number of ether oxygens (including phenoxy) is 1. The van der Waals surface area contributed by atoms with Gasteiger partial charge in [-0.2, -0.15) is 0 Å². The summed E-state index contributed by atoms with van der Waals surface area (Å²) in [5, 5.41) is 1.14. The van der Waals surface area contributed by atoms with E-state index in [1.54, 1.807) is 7.11 Å². The van der Waals surface area contributed by atoms with Gasteiger partial charge in [0.1, 0.15) is 0 Å². The smallest absolute Gasteiger partial charge is 0.253 e. The van der Waals surface area contributed by atoms with Gasteiger partial charge in [-0.3, -0.25) is 9.59 Å². The van der Waals surface area contributed by atoms with Crippen LogP contribution in [0.3, 0.4) is 0 Å². The van der Waals surface area contributed by atoms with Crippen LogP contribution in [0.1, 0.15) is 36.0 Å². The molecule has 3 aliphatic heterocycles. The molecule has 0 N–H and O–H groups in total. The van der Waals surface area contributed by atoms with Crippen molar-refractivity contribution in [2.24, 2.45) is 11.8 Å². The number of fused-ring (bicyclic) bond motifs is 5. The van der Waals surface area contributed by atoms with E-state index in [1.165, 1.54) is 0 Å². The molecule has 2 bridgehead atoms. The minimum atomic E-state index is 0.122. The highest BCUT2D eigenvalue weighted by atomic mass is 16.5. The summed E-state index contributed by atoms with van der Waals surface area (Å²) in [6.45, 7) is 3.77. The van der Waals surface area contributed by atoms with Gasteiger partial charge in [0.05, 0.1) is 6.61 Å². The summed E-state index contributed by atoms with van der Waals surface area (Å²) in [4.78, 5) is 29.9. The standard InChI is InChI=1S/C23H29N3O3/c1-29-10-9-24-8-7-17-5-6-18(12-21(17)24)23(28)25-13-16-11-19(15-25)20-3-2-4-22(27)26(20)14-16/h5-8,12,16,19-20H,2-4,9-11,13-15H2,1H3. The first-order valence-corrected chi connectivity index (χ1v) is 10.8. The third-order valence-corrected chi connectivity index (χ3v) is 7.02. The molecule has 154 valence electrons. The van der Waals surface area contributed by atoms with Crippen molar-refractivity contribution in [2.45, 2.75) is 38.3 Å². The minimum Gasteiger partial charge on any atom is -0.383 e. The highest BCUT2D eigenvalue weighted by Gasteiger charge is 2.44. The Labute approximate surface area is 171 Å². The topological polar surface area (TPSA) is 54.8 Å². The highest BCUT2D eigenvalue weighted by Crippen LogP contribution is 2.38. The second kappa shape index (κ2) is 7.48. The van der Waals surface area contributed by atoms with E-state index < -0.39 is 0 Å². The fraction of sp³-hybridized carbons (Fsp3) is 0.565. The first kappa shape index (κ1) is 18.7. The van der Waals surface area contributed by atoms with Crippen LogP contribution < -0.4 is 0 Å². The quantitative estimate of drug-likeness (QED) is 0.800. The lowest BCUT2D eigenvalue weighted by Crippen LogP contribution is -2.61. The van der Waals surface area contributed by atoms with Crippen LogP contribution in [0.25, 0.3) is 10.9 Å². The molecule has 1 aromatic carbocycles. The van der Waals surface area contributed by atoms with Gasteiger partial charge in [-0.1, -0.05) is 6.07 Å². The van der Waals surface area contributed by atoms with Crippen LogP contribution >= 0.6 is 0 Å². The van der Waals surface area contributed by atoms with Crippen LogP contribution in [0.5, 0.6) is 0 Å². The summed E-state index contributed by atoms with van der Waals surface area (Å²) in [7, 11) is 1.70. The maximum Gasteiger partial charge on any atom is 0.253 e. The summed E-state index contributed by atoms with van der Waals surface area (Å²) >= 11 is 0. The second-order valence-electron chi connectivity index (χ2n) is 8.85. The molecule has 3 fully saturated rings. The largest absolute Gasteiger partial charge is 0.383 e. The first-order chi connectivity index (χ1) is 14.1. The monoisotopic (exact) mass is 395 g/mol. The second-order valence-corrected chi connectivity index (χ2v) is 8.85. The van der Waals surface area contributed by atoms with Crippen LogP contribution in [0.4, 0.5) is 0 Å². The predicted molar refractivity (Wildman–Crippen MR) is 111 cm³/mol. The van der Waals surface area contributed by atoms with Crippen LogP contribution in [-0.4, -0.2) is 65.6 Å². The Hall–Kier alpha value is -2.34. The Bertz CT molecular complexity index is 937. The van der Waals surface area contributed by atoms with Crippen LogP contribution in [0.2, 0.25) is 0 Å². The average molecular weight is 396 g/mol. The van der Waals surface area contributed by atoms with Crippen molar-refractivity contribution < 1.29 is 14.3 Å². The summed E-state index contributed by atoms with van der Waals surface area (Å²) in [6, 6.07) is 8.43. The van der Waals surface area contributed by atoms with Gasteiger partial charge in [0.2, 0.25) is 5.91 Å². The number of aromatic nitrogens is 1. The van der Waals surface area contributed by atoms with Gasteiger partial charge < -0.3 is 19.1 Å². The molecule has 29 heavy (non-hydrogen) atoms. The molecule has 0 radical (unpaired) electrons. The number of likely N-dealkylation sites (tertiary alicyclic amines) is 1. The van der Waals surface area contributed by atoms with E-state index in [1.807, 2.05) is 23.1 Å². The van der Waals surface area contributed by atoms with Crippen LogP contribution in [0.15, 0.2) is 30.5 Å². The Morgan fingerprint density at radius 2 is 2.10 bits per heavy atom. The molecule has 3 unspecified atom stereocenters. The van der Waals surface area contributed by atoms with Gasteiger partial charge in [-0.15, -0.1) is 0 Å². The minimum absolute atomic E-state index is 0.122. The lowest BCUT2D eigenvalue weighted by molar-refractivity contribution is -0.144. The Balaban J connectivity index is 1.36. The molecule has 4 heterocycles. The van der Waals surface area contributed by atoms with E-state index in [0.29, 0.717) is 36.8 Å².